The van der Waals surface area contributed by atoms with Gasteiger partial charge in [-0.3, -0.25) is 4.98 Å². The summed E-state index contributed by atoms with van der Waals surface area (Å²) in [5, 5.41) is 21.0. The van der Waals surface area contributed by atoms with Crippen LogP contribution in [0.2, 0.25) is 0 Å². The number of nitrogen functional groups attached to an aromatic ring is 1. The van der Waals surface area contributed by atoms with Gasteiger partial charge in [-0.1, -0.05) is 0 Å². The van der Waals surface area contributed by atoms with Gasteiger partial charge in [0.05, 0.1) is 36.3 Å². The van der Waals surface area contributed by atoms with E-state index in [2.05, 4.69) is 10.3 Å². The van der Waals surface area contributed by atoms with Crippen LogP contribution in [0.15, 0.2) is 18.5 Å². The van der Waals surface area contributed by atoms with Crippen molar-refractivity contribution >= 4 is 11.4 Å². The number of aliphatic hydroxyl groups is 2. The van der Waals surface area contributed by atoms with Crippen molar-refractivity contribution in [3.8, 4) is 0 Å². The molecule has 0 aliphatic carbocycles. The Labute approximate surface area is 82.6 Å². The van der Waals surface area contributed by atoms with Crippen LogP contribution in [0.4, 0.5) is 11.4 Å². The van der Waals surface area contributed by atoms with Gasteiger partial charge in [0.1, 0.15) is 0 Å². The molecule has 1 heterocycles. The molecule has 0 saturated heterocycles. The Bertz CT molecular complexity index is 300. The Morgan fingerprint density at radius 3 is 2.57 bits per heavy atom. The molecule has 1 rings (SSSR count). The number of hydrogen-bond acceptors (Lipinski definition) is 5. The molecule has 0 amide bonds. The molecular weight excluding hydrogens is 182 g/mol. The summed E-state index contributed by atoms with van der Waals surface area (Å²) in [7, 11) is 0. The van der Waals surface area contributed by atoms with Gasteiger partial charge >= 0.3 is 0 Å². The third-order valence-electron chi connectivity index (χ3n) is 1.90. The fourth-order valence-corrected chi connectivity index (χ4v) is 1.00. The standard InChI is InChI=1S/C9H15N3O2/c1-9(5-13,6-14)12-8-2-7(10)3-11-4-8/h2-4,12-14H,5-6,10H2,1H3. The highest BCUT2D eigenvalue weighted by molar-refractivity contribution is 5.52. The molecule has 0 radical (unpaired) electrons. The van der Waals surface area contributed by atoms with Crippen molar-refractivity contribution in [2.45, 2.75) is 12.5 Å². The lowest BCUT2D eigenvalue weighted by Gasteiger charge is -2.27. The zero-order chi connectivity index (χ0) is 10.6. The fraction of sp³-hybridized carbons (Fsp3) is 0.444. The van der Waals surface area contributed by atoms with Crippen LogP contribution in [0.3, 0.4) is 0 Å². The van der Waals surface area contributed by atoms with E-state index >= 15 is 0 Å². The van der Waals surface area contributed by atoms with Gasteiger partial charge in [-0.25, -0.2) is 0 Å². The highest BCUT2D eigenvalue weighted by Crippen LogP contribution is 2.15. The third-order valence-corrected chi connectivity index (χ3v) is 1.90. The van der Waals surface area contributed by atoms with Gasteiger partial charge in [-0.15, -0.1) is 0 Å². The number of pyridine rings is 1. The molecule has 0 aliphatic heterocycles. The summed E-state index contributed by atoms with van der Waals surface area (Å²) >= 11 is 0. The van der Waals surface area contributed by atoms with E-state index in [1.165, 1.54) is 6.20 Å². The number of anilines is 2. The van der Waals surface area contributed by atoms with E-state index in [0.717, 1.165) is 0 Å². The predicted molar refractivity (Wildman–Crippen MR) is 54.8 cm³/mol. The maximum atomic E-state index is 9.04. The van der Waals surface area contributed by atoms with Crippen LogP contribution in [0.1, 0.15) is 6.92 Å². The van der Waals surface area contributed by atoms with E-state index in [4.69, 9.17) is 15.9 Å². The van der Waals surface area contributed by atoms with Crippen LogP contribution in [0.5, 0.6) is 0 Å². The lowest BCUT2D eigenvalue weighted by Crippen LogP contribution is -2.42. The molecule has 0 bridgehead atoms. The first-order valence-corrected chi connectivity index (χ1v) is 4.30. The second-order valence-corrected chi connectivity index (χ2v) is 3.51. The van der Waals surface area contributed by atoms with Crippen LogP contribution in [0.25, 0.3) is 0 Å². The van der Waals surface area contributed by atoms with Crippen LogP contribution < -0.4 is 11.1 Å². The normalized spacial score (nSPS) is 11.4. The Morgan fingerprint density at radius 1 is 1.43 bits per heavy atom. The predicted octanol–water partition coefficient (Wildman–Crippen LogP) is -0.181. The SMILES string of the molecule is CC(CO)(CO)Nc1cncc(N)c1. The van der Waals surface area contributed by atoms with Gasteiger partial charge in [-0.05, 0) is 13.0 Å². The van der Waals surface area contributed by atoms with E-state index in [-0.39, 0.29) is 13.2 Å². The van der Waals surface area contributed by atoms with E-state index < -0.39 is 5.54 Å². The topological polar surface area (TPSA) is 91.4 Å². The van der Waals surface area contributed by atoms with Crippen LogP contribution in [-0.4, -0.2) is 33.9 Å². The molecule has 0 saturated carbocycles. The Kier molecular flexibility index (Phi) is 3.27. The van der Waals surface area contributed by atoms with Crippen molar-refractivity contribution in [2.24, 2.45) is 0 Å². The Hall–Kier alpha value is -1.33. The molecule has 0 atom stereocenters. The van der Waals surface area contributed by atoms with Crippen LogP contribution >= 0.6 is 0 Å². The van der Waals surface area contributed by atoms with Gasteiger partial charge in [0, 0.05) is 6.20 Å². The molecule has 5 heteroatoms. The van der Waals surface area contributed by atoms with Crippen molar-refractivity contribution in [1.29, 1.82) is 0 Å². The zero-order valence-corrected chi connectivity index (χ0v) is 8.07. The molecule has 0 fully saturated rings. The van der Waals surface area contributed by atoms with Crippen molar-refractivity contribution in [2.75, 3.05) is 24.3 Å². The molecule has 78 valence electrons. The zero-order valence-electron chi connectivity index (χ0n) is 8.07. The molecule has 1 aromatic rings. The van der Waals surface area contributed by atoms with Crippen LogP contribution in [0, 0.1) is 0 Å². The second-order valence-electron chi connectivity index (χ2n) is 3.51. The second kappa shape index (κ2) is 4.26. The Balaban J connectivity index is 2.77. The smallest absolute Gasteiger partial charge is 0.0806 e. The largest absolute Gasteiger partial charge is 0.397 e. The summed E-state index contributed by atoms with van der Waals surface area (Å²) in [6.45, 7) is 1.37. The molecule has 0 spiro atoms. The minimum absolute atomic E-state index is 0.168. The molecule has 0 aromatic carbocycles. The number of nitrogens with two attached hydrogens (primary N) is 1. The maximum Gasteiger partial charge on any atom is 0.0806 e. The minimum Gasteiger partial charge on any atom is -0.397 e. The average Bonchev–Trinajstić information content (AvgIpc) is 2.18. The molecule has 5 nitrogen and oxygen atoms in total. The first-order chi connectivity index (χ1) is 6.59. The van der Waals surface area contributed by atoms with E-state index in [1.807, 2.05) is 0 Å². The van der Waals surface area contributed by atoms with Crippen LogP contribution in [-0.2, 0) is 0 Å². The monoisotopic (exact) mass is 197 g/mol. The van der Waals surface area contributed by atoms with Gasteiger partial charge in [0.15, 0.2) is 0 Å². The highest BCUT2D eigenvalue weighted by Gasteiger charge is 2.21. The molecule has 1 aromatic heterocycles. The van der Waals surface area contributed by atoms with Crippen molar-refractivity contribution in [3.63, 3.8) is 0 Å². The number of rotatable bonds is 4. The fourth-order valence-electron chi connectivity index (χ4n) is 1.00. The summed E-state index contributed by atoms with van der Waals surface area (Å²) in [6, 6.07) is 1.69. The van der Waals surface area contributed by atoms with E-state index in [1.54, 1.807) is 19.2 Å². The van der Waals surface area contributed by atoms with Gasteiger partial charge in [0.2, 0.25) is 0 Å². The summed E-state index contributed by atoms with van der Waals surface area (Å²) in [5.41, 5.74) is 5.99. The number of aromatic nitrogens is 1. The van der Waals surface area contributed by atoms with E-state index in [0.29, 0.717) is 11.4 Å². The van der Waals surface area contributed by atoms with Gasteiger partial charge < -0.3 is 21.3 Å². The summed E-state index contributed by atoms with van der Waals surface area (Å²) in [6.07, 6.45) is 3.11. The lowest BCUT2D eigenvalue weighted by molar-refractivity contribution is 0.147. The molecular formula is C9H15N3O2. The quantitative estimate of drug-likeness (QED) is 0.537. The number of aliphatic hydroxyl groups excluding tert-OH is 2. The number of nitrogens with zero attached hydrogens (tertiary/aromatic N) is 1. The lowest BCUT2D eigenvalue weighted by atomic mass is 10.1. The molecule has 5 N–H and O–H groups in total. The minimum atomic E-state index is -0.754. The average molecular weight is 197 g/mol. The first kappa shape index (κ1) is 10.7. The van der Waals surface area contributed by atoms with Gasteiger partial charge in [0.25, 0.3) is 0 Å². The molecule has 0 aliphatic rings. The van der Waals surface area contributed by atoms with Crippen molar-refractivity contribution in [3.05, 3.63) is 18.5 Å². The summed E-state index contributed by atoms with van der Waals surface area (Å²) < 4.78 is 0. The van der Waals surface area contributed by atoms with Crippen molar-refractivity contribution < 1.29 is 10.2 Å². The molecule has 0 unspecified atom stereocenters. The number of nitrogens with one attached hydrogen (secondary N) is 1. The first-order valence-electron chi connectivity index (χ1n) is 4.30. The summed E-state index contributed by atoms with van der Waals surface area (Å²) in [5.74, 6) is 0. The third kappa shape index (κ3) is 2.58. The highest BCUT2D eigenvalue weighted by atomic mass is 16.3. The molecule has 14 heavy (non-hydrogen) atoms. The Morgan fingerprint density at radius 2 is 2.07 bits per heavy atom. The van der Waals surface area contributed by atoms with Crippen molar-refractivity contribution in [1.82, 2.24) is 4.98 Å². The van der Waals surface area contributed by atoms with E-state index in [9.17, 15) is 0 Å². The van der Waals surface area contributed by atoms with Gasteiger partial charge in [-0.2, -0.15) is 0 Å². The maximum absolute atomic E-state index is 9.04. The number of hydrogen-bond donors (Lipinski definition) is 4. The summed E-state index contributed by atoms with van der Waals surface area (Å²) in [4.78, 5) is 3.89.